The molecule has 8 heteroatoms. The molecular weight excluding hydrogens is 436 g/mol. The highest BCUT2D eigenvalue weighted by Gasteiger charge is 2.36. The summed E-state index contributed by atoms with van der Waals surface area (Å²) in [4.78, 5) is 26.2. The third-order valence-electron chi connectivity index (χ3n) is 4.48. The van der Waals surface area contributed by atoms with E-state index >= 15 is 0 Å². The molecule has 0 N–H and O–H groups in total. The Kier molecular flexibility index (Phi) is 7.26. The molecule has 31 heavy (non-hydrogen) atoms. The van der Waals surface area contributed by atoms with Crippen molar-refractivity contribution in [2.45, 2.75) is 33.4 Å². The summed E-state index contributed by atoms with van der Waals surface area (Å²) in [5.74, 6) is 0.440. The van der Waals surface area contributed by atoms with Gasteiger partial charge in [0.15, 0.2) is 11.5 Å². The van der Waals surface area contributed by atoms with Gasteiger partial charge in [0.25, 0.3) is 11.1 Å². The predicted molar refractivity (Wildman–Crippen MR) is 121 cm³/mol. The minimum atomic E-state index is -0.326. The van der Waals surface area contributed by atoms with E-state index in [4.69, 9.17) is 21.1 Å². The molecule has 2 aromatic carbocycles. The highest BCUT2D eigenvalue weighted by atomic mass is 35.5. The SMILES string of the molecule is CCOc1cc(/C=C2\SC(=O)N(C(C)C)C2=O)cc(Cl)c1OCc1ccccc1C#N. The van der Waals surface area contributed by atoms with E-state index in [1.54, 1.807) is 44.2 Å². The Morgan fingerprint density at radius 2 is 1.97 bits per heavy atom. The molecule has 1 aliphatic heterocycles. The highest BCUT2D eigenvalue weighted by Crippen LogP contribution is 2.40. The van der Waals surface area contributed by atoms with Crippen molar-refractivity contribution in [2.24, 2.45) is 0 Å². The van der Waals surface area contributed by atoms with Crippen molar-refractivity contribution in [2.75, 3.05) is 6.61 Å². The summed E-state index contributed by atoms with van der Waals surface area (Å²) in [5, 5.41) is 9.26. The first kappa shape index (κ1) is 22.7. The molecule has 0 atom stereocenters. The fourth-order valence-corrected chi connectivity index (χ4v) is 4.29. The zero-order chi connectivity index (χ0) is 22.5. The van der Waals surface area contributed by atoms with Gasteiger partial charge in [-0.25, -0.2) is 0 Å². The van der Waals surface area contributed by atoms with Gasteiger partial charge in [0.05, 0.1) is 28.2 Å². The minimum absolute atomic E-state index is 0.149. The predicted octanol–water partition coefficient (Wildman–Crippen LogP) is 5.63. The van der Waals surface area contributed by atoms with E-state index in [0.29, 0.717) is 39.2 Å². The first-order valence-corrected chi connectivity index (χ1v) is 10.9. The van der Waals surface area contributed by atoms with Crippen LogP contribution in [0.3, 0.4) is 0 Å². The molecule has 6 nitrogen and oxygen atoms in total. The number of carbonyl (C=O) groups is 2. The van der Waals surface area contributed by atoms with Crippen LogP contribution in [-0.2, 0) is 11.4 Å². The van der Waals surface area contributed by atoms with Crippen LogP contribution >= 0.6 is 23.4 Å². The Morgan fingerprint density at radius 1 is 1.23 bits per heavy atom. The van der Waals surface area contributed by atoms with Gasteiger partial charge in [0.2, 0.25) is 0 Å². The number of nitriles is 1. The molecule has 2 amide bonds. The normalized spacial score (nSPS) is 15.0. The Morgan fingerprint density at radius 3 is 2.61 bits per heavy atom. The van der Waals surface area contributed by atoms with Crippen molar-refractivity contribution in [3.05, 3.63) is 63.0 Å². The highest BCUT2D eigenvalue weighted by molar-refractivity contribution is 8.18. The minimum Gasteiger partial charge on any atom is -0.490 e. The molecule has 1 saturated heterocycles. The van der Waals surface area contributed by atoms with E-state index in [9.17, 15) is 14.9 Å². The van der Waals surface area contributed by atoms with Gasteiger partial charge in [-0.3, -0.25) is 14.5 Å². The lowest BCUT2D eigenvalue weighted by molar-refractivity contribution is -0.123. The molecule has 160 valence electrons. The summed E-state index contributed by atoms with van der Waals surface area (Å²) >= 11 is 7.37. The topological polar surface area (TPSA) is 79.6 Å². The molecule has 1 fully saturated rings. The van der Waals surface area contributed by atoms with Crippen molar-refractivity contribution < 1.29 is 19.1 Å². The number of rotatable bonds is 7. The molecule has 0 unspecified atom stereocenters. The summed E-state index contributed by atoms with van der Waals surface area (Å²) in [5.41, 5.74) is 1.87. The third kappa shape index (κ3) is 5.04. The van der Waals surface area contributed by atoms with Gasteiger partial charge in [-0.2, -0.15) is 5.26 Å². The number of hydrogen-bond donors (Lipinski definition) is 0. The third-order valence-corrected chi connectivity index (χ3v) is 5.64. The van der Waals surface area contributed by atoms with Gasteiger partial charge in [0, 0.05) is 11.6 Å². The standard InChI is InChI=1S/C23H21ClN2O4S/c1-4-29-19-10-15(11-20-22(27)26(14(2)3)23(28)31-20)9-18(24)21(19)30-13-17-8-6-5-7-16(17)12-25/h5-11,14H,4,13H2,1-3H3/b20-11-. The lowest BCUT2D eigenvalue weighted by Gasteiger charge is -2.16. The van der Waals surface area contributed by atoms with E-state index in [1.165, 1.54) is 4.90 Å². The number of amides is 2. The van der Waals surface area contributed by atoms with E-state index in [-0.39, 0.29) is 23.8 Å². The molecule has 1 aliphatic rings. The van der Waals surface area contributed by atoms with Crippen molar-refractivity contribution in [3.63, 3.8) is 0 Å². The van der Waals surface area contributed by atoms with Crippen molar-refractivity contribution >= 4 is 40.6 Å². The maximum absolute atomic E-state index is 12.5. The fourth-order valence-electron chi connectivity index (χ4n) is 3.06. The number of benzene rings is 2. The Balaban J connectivity index is 1.90. The molecule has 0 aliphatic carbocycles. The molecular formula is C23H21ClN2O4S. The summed E-state index contributed by atoms with van der Waals surface area (Å²) < 4.78 is 11.6. The summed E-state index contributed by atoms with van der Waals surface area (Å²) in [7, 11) is 0. The number of nitrogens with zero attached hydrogens (tertiary/aromatic N) is 2. The second-order valence-electron chi connectivity index (χ2n) is 6.97. The van der Waals surface area contributed by atoms with Gasteiger partial charge in [-0.05, 0) is 62.4 Å². The van der Waals surface area contributed by atoms with Crippen LogP contribution in [0.2, 0.25) is 5.02 Å². The van der Waals surface area contributed by atoms with Gasteiger partial charge in [-0.1, -0.05) is 29.8 Å². The molecule has 0 radical (unpaired) electrons. The van der Waals surface area contributed by atoms with Gasteiger partial charge in [0.1, 0.15) is 6.61 Å². The number of ether oxygens (including phenoxy) is 2. The lowest BCUT2D eigenvalue weighted by Crippen LogP contribution is -2.34. The van der Waals surface area contributed by atoms with Crippen LogP contribution in [0.1, 0.15) is 37.5 Å². The average Bonchev–Trinajstić information content (AvgIpc) is 3.00. The van der Waals surface area contributed by atoms with Crippen LogP contribution < -0.4 is 9.47 Å². The molecule has 2 aromatic rings. The van der Waals surface area contributed by atoms with E-state index in [1.807, 2.05) is 19.1 Å². The molecule has 0 saturated carbocycles. The number of carbonyl (C=O) groups excluding carboxylic acids is 2. The molecule has 1 heterocycles. The van der Waals surface area contributed by atoms with Crippen molar-refractivity contribution in [1.82, 2.24) is 4.90 Å². The largest absolute Gasteiger partial charge is 0.490 e. The van der Waals surface area contributed by atoms with Crippen LogP contribution in [0.5, 0.6) is 11.5 Å². The number of halogens is 1. The van der Waals surface area contributed by atoms with Crippen molar-refractivity contribution in [3.8, 4) is 17.6 Å². The smallest absolute Gasteiger partial charge is 0.293 e. The van der Waals surface area contributed by atoms with Gasteiger partial charge in [-0.15, -0.1) is 0 Å². The molecule has 0 bridgehead atoms. The molecule has 3 rings (SSSR count). The Labute approximate surface area is 190 Å². The molecule has 0 spiro atoms. The van der Waals surface area contributed by atoms with E-state index in [0.717, 1.165) is 17.3 Å². The maximum atomic E-state index is 12.5. The summed E-state index contributed by atoms with van der Waals surface area (Å²) in [6.07, 6.45) is 1.62. The van der Waals surface area contributed by atoms with E-state index in [2.05, 4.69) is 6.07 Å². The van der Waals surface area contributed by atoms with Crippen molar-refractivity contribution in [1.29, 1.82) is 5.26 Å². The first-order chi connectivity index (χ1) is 14.8. The Hall–Kier alpha value is -2.95. The summed E-state index contributed by atoms with van der Waals surface area (Å²) in [6.45, 7) is 5.95. The monoisotopic (exact) mass is 456 g/mol. The number of hydrogen-bond acceptors (Lipinski definition) is 6. The zero-order valence-corrected chi connectivity index (χ0v) is 18.9. The average molecular weight is 457 g/mol. The number of thioether (sulfide) groups is 1. The van der Waals surface area contributed by atoms with Crippen LogP contribution in [-0.4, -0.2) is 28.7 Å². The van der Waals surface area contributed by atoms with Crippen LogP contribution in [0.4, 0.5) is 4.79 Å². The van der Waals surface area contributed by atoms with E-state index < -0.39 is 0 Å². The second-order valence-corrected chi connectivity index (χ2v) is 8.37. The maximum Gasteiger partial charge on any atom is 0.293 e. The fraction of sp³-hybridized carbons (Fsp3) is 0.261. The first-order valence-electron chi connectivity index (χ1n) is 9.69. The van der Waals surface area contributed by atoms with Crippen LogP contribution in [0.25, 0.3) is 6.08 Å². The van der Waals surface area contributed by atoms with Gasteiger partial charge < -0.3 is 9.47 Å². The zero-order valence-electron chi connectivity index (χ0n) is 17.3. The number of imide groups is 1. The lowest BCUT2D eigenvalue weighted by atomic mass is 10.1. The van der Waals surface area contributed by atoms with Crippen LogP contribution in [0, 0.1) is 11.3 Å². The molecule has 0 aromatic heterocycles. The quantitative estimate of drug-likeness (QED) is 0.502. The Bertz CT molecular complexity index is 1090. The summed E-state index contributed by atoms with van der Waals surface area (Å²) in [6, 6.07) is 12.4. The second kappa shape index (κ2) is 9.90. The van der Waals surface area contributed by atoms with Crippen LogP contribution in [0.15, 0.2) is 41.3 Å². The van der Waals surface area contributed by atoms with Gasteiger partial charge >= 0.3 is 0 Å².